The van der Waals surface area contributed by atoms with Crippen LogP contribution in [-0.4, -0.2) is 14.2 Å². The van der Waals surface area contributed by atoms with E-state index < -0.39 is 0 Å². The van der Waals surface area contributed by atoms with Crippen molar-refractivity contribution in [1.29, 1.82) is 0 Å². The predicted molar refractivity (Wildman–Crippen MR) is 73.2 cm³/mol. The van der Waals surface area contributed by atoms with Crippen LogP contribution in [0.1, 0.15) is 31.9 Å². The molecule has 0 aliphatic carbocycles. The lowest BCUT2D eigenvalue weighted by Crippen LogP contribution is -2.19. The topological polar surface area (TPSA) is 44.5 Å². The van der Waals surface area contributed by atoms with Gasteiger partial charge in [0.1, 0.15) is 11.5 Å². The Balaban J connectivity index is 0.00000256. The van der Waals surface area contributed by atoms with Gasteiger partial charge in [0.2, 0.25) is 0 Å². The van der Waals surface area contributed by atoms with E-state index in [2.05, 4.69) is 13.8 Å². The average Bonchev–Trinajstić information content (AvgIpc) is 2.35. The van der Waals surface area contributed by atoms with E-state index in [1.165, 1.54) is 0 Å². The van der Waals surface area contributed by atoms with Crippen LogP contribution in [0.15, 0.2) is 18.2 Å². The van der Waals surface area contributed by atoms with Gasteiger partial charge in [-0.25, -0.2) is 0 Å². The molecule has 98 valence electrons. The number of nitrogens with two attached hydrogens (primary N) is 1. The molecule has 4 heteroatoms. The van der Waals surface area contributed by atoms with Gasteiger partial charge in [-0.1, -0.05) is 20.3 Å². The molecule has 0 heterocycles. The molecule has 0 bridgehead atoms. The molecule has 3 nitrogen and oxygen atoms in total. The lowest BCUT2D eigenvalue weighted by molar-refractivity contribution is 0.380. The second-order valence-corrected chi connectivity index (χ2v) is 4.02. The number of hydrogen-bond donors (Lipinski definition) is 1. The van der Waals surface area contributed by atoms with Gasteiger partial charge in [0, 0.05) is 11.6 Å². The molecule has 1 unspecified atom stereocenters. The van der Waals surface area contributed by atoms with Gasteiger partial charge in [-0.05, 0) is 24.1 Å². The summed E-state index contributed by atoms with van der Waals surface area (Å²) in [5, 5.41) is 0. The Bertz CT molecular complexity index is 344. The molecule has 0 saturated heterocycles. The van der Waals surface area contributed by atoms with Crippen molar-refractivity contribution in [2.75, 3.05) is 14.2 Å². The lowest BCUT2D eigenvalue weighted by atomic mass is 9.92. The van der Waals surface area contributed by atoms with Gasteiger partial charge >= 0.3 is 0 Å². The SMILES string of the molecule is CCC(C)[C@H](N)c1cc(OC)ccc1OC.Cl. The van der Waals surface area contributed by atoms with Crippen LogP contribution >= 0.6 is 12.4 Å². The third-order valence-electron chi connectivity index (χ3n) is 3.05. The standard InChI is InChI=1S/C13H21NO2.ClH/c1-5-9(2)13(14)11-8-10(15-3)6-7-12(11)16-4;/h6-9,13H,5,14H2,1-4H3;1H/t9?,13-;/m0./s1. The smallest absolute Gasteiger partial charge is 0.123 e. The summed E-state index contributed by atoms with van der Waals surface area (Å²) in [6.45, 7) is 4.28. The minimum Gasteiger partial charge on any atom is -0.497 e. The summed E-state index contributed by atoms with van der Waals surface area (Å²) < 4.78 is 10.5. The molecule has 1 rings (SSSR count). The summed E-state index contributed by atoms with van der Waals surface area (Å²) in [5.74, 6) is 2.06. The Labute approximate surface area is 110 Å². The molecule has 0 aliphatic rings. The first-order chi connectivity index (χ1) is 7.63. The molecule has 17 heavy (non-hydrogen) atoms. The van der Waals surface area contributed by atoms with E-state index >= 15 is 0 Å². The highest BCUT2D eigenvalue weighted by Gasteiger charge is 2.18. The molecule has 2 atom stereocenters. The molecule has 0 aliphatic heterocycles. The fourth-order valence-electron chi connectivity index (χ4n) is 1.66. The summed E-state index contributed by atoms with van der Waals surface area (Å²) >= 11 is 0. The number of halogens is 1. The van der Waals surface area contributed by atoms with Gasteiger partial charge in [0.05, 0.1) is 14.2 Å². The highest BCUT2D eigenvalue weighted by atomic mass is 35.5. The van der Waals surface area contributed by atoms with Gasteiger partial charge in [-0.3, -0.25) is 0 Å². The highest BCUT2D eigenvalue weighted by Crippen LogP contribution is 2.32. The Morgan fingerprint density at radius 1 is 1.24 bits per heavy atom. The quantitative estimate of drug-likeness (QED) is 0.883. The third kappa shape index (κ3) is 3.79. The maximum Gasteiger partial charge on any atom is 0.123 e. The maximum absolute atomic E-state index is 6.21. The molecule has 0 radical (unpaired) electrons. The van der Waals surface area contributed by atoms with Gasteiger partial charge in [-0.2, -0.15) is 0 Å². The van der Waals surface area contributed by atoms with Gasteiger partial charge < -0.3 is 15.2 Å². The van der Waals surface area contributed by atoms with Crippen LogP contribution in [0, 0.1) is 5.92 Å². The monoisotopic (exact) mass is 259 g/mol. The fourth-order valence-corrected chi connectivity index (χ4v) is 1.66. The number of hydrogen-bond acceptors (Lipinski definition) is 3. The summed E-state index contributed by atoms with van der Waals surface area (Å²) in [5.41, 5.74) is 7.22. The van der Waals surface area contributed by atoms with Gasteiger partial charge in [0.25, 0.3) is 0 Å². The average molecular weight is 260 g/mol. The zero-order chi connectivity index (χ0) is 12.1. The van der Waals surface area contributed by atoms with Crippen LogP contribution in [-0.2, 0) is 0 Å². The first-order valence-corrected chi connectivity index (χ1v) is 5.61. The molecule has 1 aromatic rings. The second-order valence-electron chi connectivity index (χ2n) is 4.02. The summed E-state index contributed by atoms with van der Waals surface area (Å²) in [4.78, 5) is 0. The van der Waals surface area contributed by atoms with Crippen molar-refractivity contribution in [1.82, 2.24) is 0 Å². The van der Waals surface area contributed by atoms with E-state index in [9.17, 15) is 0 Å². The molecule has 2 N–H and O–H groups in total. The Morgan fingerprint density at radius 2 is 1.88 bits per heavy atom. The van der Waals surface area contributed by atoms with E-state index in [1.54, 1.807) is 14.2 Å². The van der Waals surface area contributed by atoms with Crippen molar-refractivity contribution in [2.45, 2.75) is 26.3 Å². The van der Waals surface area contributed by atoms with E-state index in [1.807, 2.05) is 18.2 Å². The molecular formula is C13H22ClNO2. The summed E-state index contributed by atoms with van der Waals surface area (Å²) in [6.07, 6.45) is 1.04. The molecule has 0 spiro atoms. The van der Waals surface area contributed by atoms with Crippen molar-refractivity contribution < 1.29 is 9.47 Å². The number of benzene rings is 1. The van der Waals surface area contributed by atoms with Crippen LogP contribution in [0.5, 0.6) is 11.5 Å². The maximum atomic E-state index is 6.21. The number of methoxy groups -OCH3 is 2. The predicted octanol–water partition coefficient (Wildman–Crippen LogP) is 3.17. The first-order valence-electron chi connectivity index (χ1n) is 5.61. The first kappa shape index (κ1) is 16.1. The molecule has 0 saturated carbocycles. The van der Waals surface area contributed by atoms with Crippen LogP contribution in [0.3, 0.4) is 0 Å². The Kier molecular flexibility index (Phi) is 7.00. The van der Waals surface area contributed by atoms with Crippen molar-refractivity contribution in [3.63, 3.8) is 0 Å². The van der Waals surface area contributed by atoms with Crippen molar-refractivity contribution in [3.05, 3.63) is 23.8 Å². The molecule has 0 amide bonds. The Hall–Kier alpha value is -0.930. The molecule has 1 aromatic carbocycles. The van der Waals surface area contributed by atoms with Crippen LogP contribution in [0.2, 0.25) is 0 Å². The van der Waals surface area contributed by atoms with E-state index in [-0.39, 0.29) is 18.4 Å². The largest absolute Gasteiger partial charge is 0.497 e. The number of ether oxygens (including phenoxy) is 2. The van der Waals surface area contributed by atoms with Crippen molar-refractivity contribution in [3.8, 4) is 11.5 Å². The van der Waals surface area contributed by atoms with Crippen LogP contribution in [0.4, 0.5) is 0 Å². The zero-order valence-electron chi connectivity index (χ0n) is 10.9. The third-order valence-corrected chi connectivity index (χ3v) is 3.05. The number of rotatable bonds is 5. The second kappa shape index (κ2) is 7.41. The van der Waals surface area contributed by atoms with Crippen LogP contribution in [0.25, 0.3) is 0 Å². The van der Waals surface area contributed by atoms with Crippen LogP contribution < -0.4 is 15.2 Å². The van der Waals surface area contributed by atoms with E-state index in [4.69, 9.17) is 15.2 Å². The van der Waals surface area contributed by atoms with Gasteiger partial charge in [0.15, 0.2) is 0 Å². The van der Waals surface area contributed by atoms with E-state index in [0.29, 0.717) is 5.92 Å². The Morgan fingerprint density at radius 3 is 2.35 bits per heavy atom. The highest BCUT2D eigenvalue weighted by molar-refractivity contribution is 5.85. The van der Waals surface area contributed by atoms with Crippen molar-refractivity contribution in [2.24, 2.45) is 11.7 Å². The van der Waals surface area contributed by atoms with Crippen molar-refractivity contribution >= 4 is 12.4 Å². The molecule has 0 fully saturated rings. The van der Waals surface area contributed by atoms with Gasteiger partial charge in [-0.15, -0.1) is 12.4 Å². The minimum atomic E-state index is -0.0185. The van der Waals surface area contributed by atoms with E-state index in [0.717, 1.165) is 23.5 Å². The lowest BCUT2D eigenvalue weighted by Gasteiger charge is -2.21. The zero-order valence-corrected chi connectivity index (χ0v) is 11.7. The normalized spacial score (nSPS) is 13.5. The fraction of sp³-hybridized carbons (Fsp3) is 0.538. The minimum absolute atomic E-state index is 0. The summed E-state index contributed by atoms with van der Waals surface area (Å²) in [6, 6.07) is 5.72. The summed E-state index contributed by atoms with van der Waals surface area (Å²) in [7, 11) is 3.31. The molecule has 0 aromatic heterocycles. The molecular weight excluding hydrogens is 238 g/mol.